The Balaban J connectivity index is 1.66. The Bertz CT molecular complexity index is 399. The average molecular weight is 292 g/mol. The molecule has 3 atom stereocenters. The van der Waals surface area contributed by atoms with Crippen LogP contribution in [0.3, 0.4) is 0 Å². The SMILES string of the molecule is CCC1CN(CC(O)COCc2ccccc2)CCC1N. The molecule has 0 bridgehead atoms. The number of benzene rings is 1. The summed E-state index contributed by atoms with van der Waals surface area (Å²) in [5.74, 6) is 0.552. The zero-order valence-electron chi connectivity index (χ0n) is 12.9. The summed E-state index contributed by atoms with van der Waals surface area (Å²) < 4.78 is 5.60. The van der Waals surface area contributed by atoms with Gasteiger partial charge in [0.1, 0.15) is 0 Å². The van der Waals surface area contributed by atoms with E-state index in [1.165, 1.54) is 0 Å². The zero-order valence-corrected chi connectivity index (χ0v) is 12.9. The van der Waals surface area contributed by atoms with Gasteiger partial charge >= 0.3 is 0 Å². The Hall–Kier alpha value is -0.940. The Kier molecular flexibility index (Phi) is 6.64. The summed E-state index contributed by atoms with van der Waals surface area (Å²) >= 11 is 0. The molecule has 1 heterocycles. The summed E-state index contributed by atoms with van der Waals surface area (Å²) in [5.41, 5.74) is 7.25. The fourth-order valence-corrected chi connectivity index (χ4v) is 2.96. The minimum atomic E-state index is -0.430. The predicted octanol–water partition coefficient (Wildman–Crippen LogP) is 1.62. The number of aliphatic hydroxyl groups excluding tert-OH is 1. The van der Waals surface area contributed by atoms with Crippen LogP contribution in [0.15, 0.2) is 30.3 Å². The summed E-state index contributed by atoms with van der Waals surface area (Å²) in [6.45, 7) is 5.78. The van der Waals surface area contributed by atoms with E-state index in [1.807, 2.05) is 30.3 Å². The van der Waals surface area contributed by atoms with Gasteiger partial charge in [-0.05, 0) is 24.4 Å². The molecule has 0 spiro atoms. The quantitative estimate of drug-likeness (QED) is 0.802. The first kappa shape index (κ1) is 16.4. The fraction of sp³-hybridized carbons (Fsp3) is 0.647. The largest absolute Gasteiger partial charge is 0.389 e. The second kappa shape index (κ2) is 8.49. The van der Waals surface area contributed by atoms with Crippen LogP contribution in [-0.4, -0.2) is 48.4 Å². The highest BCUT2D eigenvalue weighted by atomic mass is 16.5. The number of rotatable bonds is 7. The molecule has 0 aliphatic carbocycles. The fourth-order valence-electron chi connectivity index (χ4n) is 2.96. The smallest absolute Gasteiger partial charge is 0.0900 e. The van der Waals surface area contributed by atoms with Crippen LogP contribution in [0, 0.1) is 5.92 Å². The Morgan fingerprint density at radius 2 is 2.14 bits per heavy atom. The highest BCUT2D eigenvalue weighted by Gasteiger charge is 2.26. The number of hydrogen-bond donors (Lipinski definition) is 2. The van der Waals surface area contributed by atoms with E-state index in [1.54, 1.807) is 0 Å². The van der Waals surface area contributed by atoms with Gasteiger partial charge < -0.3 is 20.5 Å². The van der Waals surface area contributed by atoms with Crippen molar-refractivity contribution in [3.63, 3.8) is 0 Å². The van der Waals surface area contributed by atoms with Gasteiger partial charge in [0.05, 0.1) is 19.3 Å². The molecule has 1 aromatic rings. The molecule has 0 aromatic heterocycles. The van der Waals surface area contributed by atoms with Crippen LogP contribution in [-0.2, 0) is 11.3 Å². The van der Waals surface area contributed by atoms with Crippen molar-refractivity contribution in [2.24, 2.45) is 11.7 Å². The number of β-amino-alcohol motifs (C(OH)–C–C–N with tert-alkyl or cyclic N) is 1. The van der Waals surface area contributed by atoms with E-state index in [9.17, 15) is 5.11 Å². The monoisotopic (exact) mass is 292 g/mol. The summed E-state index contributed by atoms with van der Waals surface area (Å²) in [7, 11) is 0. The maximum atomic E-state index is 10.1. The first-order valence-corrected chi connectivity index (χ1v) is 7.96. The Morgan fingerprint density at radius 1 is 1.38 bits per heavy atom. The first-order chi connectivity index (χ1) is 10.2. The summed E-state index contributed by atoms with van der Waals surface area (Å²) in [6, 6.07) is 10.4. The number of aliphatic hydroxyl groups is 1. The molecule has 0 saturated carbocycles. The molecule has 1 aliphatic rings. The van der Waals surface area contributed by atoms with Gasteiger partial charge in [-0.1, -0.05) is 43.7 Å². The predicted molar refractivity (Wildman–Crippen MR) is 84.9 cm³/mol. The average Bonchev–Trinajstić information content (AvgIpc) is 2.50. The maximum Gasteiger partial charge on any atom is 0.0900 e. The normalized spacial score (nSPS) is 24.9. The van der Waals surface area contributed by atoms with Crippen molar-refractivity contribution < 1.29 is 9.84 Å². The third-order valence-electron chi connectivity index (χ3n) is 4.29. The van der Waals surface area contributed by atoms with Crippen LogP contribution in [0.2, 0.25) is 0 Å². The molecular formula is C17H28N2O2. The molecule has 4 nitrogen and oxygen atoms in total. The van der Waals surface area contributed by atoms with Crippen LogP contribution in [0.5, 0.6) is 0 Å². The van der Waals surface area contributed by atoms with Crippen molar-refractivity contribution >= 4 is 0 Å². The second-order valence-electron chi connectivity index (χ2n) is 6.03. The van der Waals surface area contributed by atoms with Crippen LogP contribution >= 0.6 is 0 Å². The minimum Gasteiger partial charge on any atom is -0.389 e. The third-order valence-corrected chi connectivity index (χ3v) is 4.29. The van der Waals surface area contributed by atoms with Crippen molar-refractivity contribution in [3.8, 4) is 0 Å². The summed E-state index contributed by atoms with van der Waals surface area (Å²) in [6.07, 6.45) is 1.70. The van der Waals surface area contributed by atoms with Crippen molar-refractivity contribution in [1.29, 1.82) is 0 Å². The van der Waals surface area contributed by atoms with Crippen molar-refractivity contribution in [2.75, 3.05) is 26.2 Å². The number of likely N-dealkylation sites (tertiary alicyclic amines) is 1. The molecule has 0 amide bonds. The molecule has 1 aromatic carbocycles. The molecule has 2 rings (SSSR count). The topological polar surface area (TPSA) is 58.7 Å². The molecule has 1 fully saturated rings. The van der Waals surface area contributed by atoms with Crippen LogP contribution < -0.4 is 5.73 Å². The third kappa shape index (κ3) is 5.40. The van der Waals surface area contributed by atoms with E-state index in [2.05, 4.69) is 11.8 Å². The molecule has 3 N–H and O–H groups in total. The number of hydrogen-bond acceptors (Lipinski definition) is 4. The van der Waals surface area contributed by atoms with E-state index >= 15 is 0 Å². The molecular weight excluding hydrogens is 264 g/mol. The van der Waals surface area contributed by atoms with E-state index < -0.39 is 6.10 Å². The van der Waals surface area contributed by atoms with Gasteiger partial charge in [0.25, 0.3) is 0 Å². The van der Waals surface area contributed by atoms with E-state index in [-0.39, 0.29) is 0 Å². The van der Waals surface area contributed by atoms with Crippen molar-refractivity contribution in [2.45, 2.75) is 38.5 Å². The van der Waals surface area contributed by atoms with E-state index in [4.69, 9.17) is 10.5 Å². The van der Waals surface area contributed by atoms with Crippen LogP contribution in [0.4, 0.5) is 0 Å². The van der Waals surface area contributed by atoms with Gasteiger partial charge in [0.15, 0.2) is 0 Å². The molecule has 3 unspecified atom stereocenters. The number of nitrogens with zero attached hydrogens (tertiary/aromatic N) is 1. The molecule has 21 heavy (non-hydrogen) atoms. The molecule has 4 heteroatoms. The van der Waals surface area contributed by atoms with E-state index in [0.29, 0.717) is 31.7 Å². The van der Waals surface area contributed by atoms with Crippen LogP contribution in [0.25, 0.3) is 0 Å². The lowest BCUT2D eigenvalue weighted by Gasteiger charge is -2.37. The maximum absolute atomic E-state index is 10.1. The summed E-state index contributed by atoms with van der Waals surface area (Å²) in [5, 5.41) is 10.1. The van der Waals surface area contributed by atoms with Gasteiger partial charge in [-0.15, -0.1) is 0 Å². The number of piperidine rings is 1. The molecule has 1 saturated heterocycles. The lowest BCUT2D eigenvalue weighted by molar-refractivity contribution is 0.00127. The van der Waals surface area contributed by atoms with Gasteiger partial charge in [-0.25, -0.2) is 0 Å². The Labute approximate surface area is 127 Å². The Morgan fingerprint density at radius 3 is 2.86 bits per heavy atom. The van der Waals surface area contributed by atoms with E-state index in [0.717, 1.165) is 31.5 Å². The highest BCUT2D eigenvalue weighted by molar-refractivity contribution is 5.13. The van der Waals surface area contributed by atoms with Gasteiger partial charge in [0, 0.05) is 19.1 Å². The van der Waals surface area contributed by atoms with Gasteiger partial charge in [-0.3, -0.25) is 0 Å². The molecule has 1 aliphatic heterocycles. The highest BCUT2D eigenvalue weighted by Crippen LogP contribution is 2.18. The van der Waals surface area contributed by atoms with Crippen molar-refractivity contribution in [1.82, 2.24) is 4.90 Å². The van der Waals surface area contributed by atoms with Gasteiger partial charge in [-0.2, -0.15) is 0 Å². The van der Waals surface area contributed by atoms with Crippen LogP contribution in [0.1, 0.15) is 25.3 Å². The number of ether oxygens (including phenoxy) is 1. The lowest BCUT2D eigenvalue weighted by atomic mass is 9.90. The number of nitrogens with two attached hydrogens (primary N) is 1. The van der Waals surface area contributed by atoms with Crippen molar-refractivity contribution in [3.05, 3.63) is 35.9 Å². The zero-order chi connectivity index (χ0) is 15.1. The second-order valence-corrected chi connectivity index (χ2v) is 6.03. The molecule has 0 radical (unpaired) electrons. The standard InChI is InChI=1S/C17H28N2O2/c1-2-15-10-19(9-8-17(15)18)11-16(20)13-21-12-14-6-4-3-5-7-14/h3-7,15-17,20H,2,8-13,18H2,1H3. The first-order valence-electron chi connectivity index (χ1n) is 7.96. The lowest BCUT2D eigenvalue weighted by Crippen LogP contribution is -2.49. The molecule has 118 valence electrons. The minimum absolute atomic E-state index is 0.317. The van der Waals surface area contributed by atoms with Gasteiger partial charge in [0.2, 0.25) is 0 Å². The summed E-state index contributed by atoms with van der Waals surface area (Å²) in [4.78, 5) is 2.31.